The molecule has 20 heavy (non-hydrogen) atoms. The zero-order chi connectivity index (χ0) is 15.0. The summed E-state index contributed by atoms with van der Waals surface area (Å²) < 4.78 is 66.3. The fourth-order valence-electron chi connectivity index (χ4n) is 1.58. The van der Waals surface area contributed by atoms with E-state index in [1.165, 1.54) is 0 Å². The van der Waals surface area contributed by atoms with E-state index in [0.29, 0.717) is 12.1 Å². The molecular formula is C12H4F5NO2. The summed E-state index contributed by atoms with van der Waals surface area (Å²) in [5.74, 6) is -10.2. The van der Waals surface area contributed by atoms with Crippen LogP contribution in [-0.4, -0.2) is 16.1 Å². The third kappa shape index (κ3) is 2.20. The number of carboxylic acids is 1. The average Bonchev–Trinajstić information content (AvgIpc) is 2.36. The molecule has 0 fully saturated rings. The predicted octanol–water partition coefficient (Wildman–Crippen LogP) is 3.14. The van der Waals surface area contributed by atoms with E-state index in [4.69, 9.17) is 5.11 Å². The van der Waals surface area contributed by atoms with E-state index in [0.717, 1.165) is 0 Å². The number of hydrogen-bond acceptors (Lipinski definition) is 2. The topological polar surface area (TPSA) is 50.2 Å². The fraction of sp³-hybridized carbons (Fsp3) is 0. The molecule has 104 valence electrons. The van der Waals surface area contributed by atoms with Crippen LogP contribution in [0.15, 0.2) is 18.2 Å². The van der Waals surface area contributed by atoms with Gasteiger partial charge in [0.25, 0.3) is 0 Å². The van der Waals surface area contributed by atoms with Crippen molar-refractivity contribution in [3.05, 3.63) is 53.0 Å². The van der Waals surface area contributed by atoms with Gasteiger partial charge in [-0.05, 0) is 12.1 Å². The van der Waals surface area contributed by atoms with E-state index in [2.05, 4.69) is 4.98 Å². The second kappa shape index (κ2) is 4.87. The molecule has 0 aliphatic carbocycles. The van der Waals surface area contributed by atoms with Gasteiger partial charge in [0, 0.05) is 6.07 Å². The van der Waals surface area contributed by atoms with Crippen molar-refractivity contribution in [1.82, 2.24) is 4.98 Å². The number of nitrogens with zero attached hydrogens (tertiary/aromatic N) is 1. The Morgan fingerprint density at radius 3 is 2.05 bits per heavy atom. The average molecular weight is 288 g/mol. The van der Waals surface area contributed by atoms with Crippen molar-refractivity contribution in [2.75, 3.05) is 0 Å². The first-order valence-corrected chi connectivity index (χ1v) is 5.06. The Bertz CT molecular complexity index is 691. The molecule has 0 saturated heterocycles. The minimum absolute atomic E-state index is 0.0477. The van der Waals surface area contributed by atoms with Gasteiger partial charge in [-0.15, -0.1) is 0 Å². The maximum absolute atomic E-state index is 13.6. The highest BCUT2D eigenvalue weighted by Gasteiger charge is 2.26. The molecule has 8 heteroatoms. The van der Waals surface area contributed by atoms with E-state index < -0.39 is 52.0 Å². The Hall–Kier alpha value is -2.51. The van der Waals surface area contributed by atoms with Crippen molar-refractivity contribution in [3.8, 4) is 11.3 Å². The number of carboxylic acid groups (broad SMARTS) is 1. The van der Waals surface area contributed by atoms with Crippen molar-refractivity contribution < 1.29 is 31.9 Å². The van der Waals surface area contributed by atoms with E-state index in [1.54, 1.807) is 0 Å². The third-order valence-corrected chi connectivity index (χ3v) is 2.44. The van der Waals surface area contributed by atoms with Gasteiger partial charge >= 0.3 is 5.97 Å². The molecule has 3 nitrogen and oxygen atoms in total. The molecule has 2 rings (SSSR count). The smallest absolute Gasteiger partial charge is 0.337 e. The second-order valence-electron chi connectivity index (χ2n) is 3.68. The zero-order valence-corrected chi connectivity index (χ0v) is 9.42. The molecule has 1 N–H and O–H groups in total. The van der Waals surface area contributed by atoms with Crippen LogP contribution in [-0.2, 0) is 0 Å². The number of hydrogen-bond donors (Lipinski definition) is 1. The highest BCUT2D eigenvalue weighted by Crippen LogP contribution is 2.30. The van der Waals surface area contributed by atoms with Gasteiger partial charge in [-0.3, -0.25) is 0 Å². The lowest BCUT2D eigenvalue weighted by atomic mass is 10.0. The summed E-state index contributed by atoms with van der Waals surface area (Å²) in [5, 5.41) is 8.84. The Kier molecular flexibility index (Phi) is 3.39. The molecule has 0 radical (unpaired) electrons. The Morgan fingerprint density at radius 1 is 1.00 bits per heavy atom. The van der Waals surface area contributed by atoms with Gasteiger partial charge in [0.05, 0.1) is 16.8 Å². The number of halogens is 5. The van der Waals surface area contributed by atoms with Gasteiger partial charge in [-0.2, -0.15) is 4.39 Å². The number of aromatic carboxylic acids is 1. The number of pyridine rings is 1. The van der Waals surface area contributed by atoms with E-state index in [-0.39, 0.29) is 6.07 Å². The first-order valence-electron chi connectivity index (χ1n) is 5.06. The molecule has 0 bridgehead atoms. The summed E-state index contributed by atoms with van der Waals surface area (Å²) in [4.78, 5) is 13.9. The van der Waals surface area contributed by atoms with Crippen molar-refractivity contribution >= 4 is 5.97 Å². The molecule has 0 saturated carbocycles. The summed E-state index contributed by atoms with van der Waals surface area (Å²) in [5.41, 5.74) is -3.21. The van der Waals surface area contributed by atoms with E-state index in [1.807, 2.05) is 0 Å². The monoisotopic (exact) mass is 288 g/mol. The maximum Gasteiger partial charge on any atom is 0.337 e. The zero-order valence-electron chi connectivity index (χ0n) is 9.42. The first kappa shape index (κ1) is 13.9. The van der Waals surface area contributed by atoms with Crippen LogP contribution in [0.1, 0.15) is 10.4 Å². The molecule has 0 unspecified atom stereocenters. The fourth-order valence-corrected chi connectivity index (χ4v) is 1.58. The number of aromatic nitrogens is 1. The number of carbonyl (C=O) groups is 1. The van der Waals surface area contributed by atoms with Crippen molar-refractivity contribution in [1.29, 1.82) is 0 Å². The quantitative estimate of drug-likeness (QED) is 0.524. The van der Waals surface area contributed by atoms with E-state index in [9.17, 15) is 26.7 Å². The Morgan fingerprint density at radius 2 is 1.55 bits per heavy atom. The van der Waals surface area contributed by atoms with Crippen molar-refractivity contribution in [3.63, 3.8) is 0 Å². The molecule has 0 aliphatic rings. The van der Waals surface area contributed by atoms with Gasteiger partial charge in [-0.1, -0.05) is 0 Å². The summed E-state index contributed by atoms with van der Waals surface area (Å²) in [6, 6.07) is 1.27. The normalized spacial score (nSPS) is 10.7. The second-order valence-corrected chi connectivity index (χ2v) is 3.68. The van der Waals surface area contributed by atoms with Crippen LogP contribution in [0.2, 0.25) is 0 Å². The van der Waals surface area contributed by atoms with Crippen LogP contribution in [0.5, 0.6) is 0 Å². The van der Waals surface area contributed by atoms with Crippen LogP contribution in [0.4, 0.5) is 22.0 Å². The lowest BCUT2D eigenvalue weighted by Crippen LogP contribution is -2.07. The standard InChI is InChI=1S/C12H4F5NO2/c13-5-3-6(14)10(17)8(9(5)16)11-4(12(19)20)1-2-7(15)18-11/h1-3H,(H,19,20)/i15-1. The summed E-state index contributed by atoms with van der Waals surface area (Å²) in [6.07, 6.45) is 0. The van der Waals surface area contributed by atoms with Gasteiger partial charge in [-0.25, -0.2) is 27.3 Å². The predicted molar refractivity (Wildman–Crippen MR) is 56.4 cm³/mol. The van der Waals surface area contributed by atoms with Crippen LogP contribution in [0.3, 0.4) is 0 Å². The van der Waals surface area contributed by atoms with Gasteiger partial charge in [0.2, 0.25) is 5.95 Å². The minimum Gasteiger partial charge on any atom is -0.478 e. The molecule has 0 spiro atoms. The van der Waals surface area contributed by atoms with Crippen LogP contribution >= 0.6 is 0 Å². The molecule has 0 aliphatic heterocycles. The summed E-state index contributed by atoms with van der Waals surface area (Å²) in [7, 11) is 0. The van der Waals surface area contributed by atoms with Crippen LogP contribution in [0, 0.1) is 29.2 Å². The summed E-state index contributed by atoms with van der Waals surface area (Å²) >= 11 is 0. The Balaban J connectivity index is 2.88. The lowest BCUT2D eigenvalue weighted by Gasteiger charge is -2.09. The van der Waals surface area contributed by atoms with Gasteiger partial charge < -0.3 is 5.11 Å². The van der Waals surface area contributed by atoms with Gasteiger partial charge in [0.15, 0.2) is 23.3 Å². The highest BCUT2D eigenvalue weighted by molar-refractivity contribution is 5.94. The highest BCUT2D eigenvalue weighted by atomic mass is 19.2. The Labute approximate surface area is 108 Å². The number of benzene rings is 1. The van der Waals surface area contributed by atoms with Crippen LogP contribution < -0.4 is 0 Å². The summed E-state index contributed by atoms with van der Waals surface area (Å²) in [6.45, 7) is 0. The largest absolute Gasteiger partial charge is 0.478 e. The maximum atomic E-state index is 13.6. The SMILES string of the molecule is O=C(O)c1ccc([18F])nc1-c1c(F)c(F)cc(F)c1F. The van der Waals surface area contributed by atoms with E-state index >= 15 is 0 Å². The van der Waals surface area contributed by atoms with Crippen LogP contribution in [0.25, 0.3) is 11.3 Å². The minimum atomic E-state index is -1.86. The number of rotatable bonds is 2. The molecule has 1 aromatic heterocycles. The lowest BCUT2D eigenvalue weighted by molar-refractivity contribution is 0.0697. The van der Waals surface area contributed by atoms with Crippen molar-refractivity contribution in [2.45, 2.75) is 0 Å². The molecule has 0 atom stereocenters. The molecular weight excluding hydrogens is 284 g/mol. The molecule has 1 heterocycles. The van der Waals surface area contributed by atoms with Gasteiger partial charge in [0.1, 0.15) is 0 Å². The first-order chi connectivity index (χ1) is 9.32. The molecule has 2 aromatic rings. The molecule has 0 amide bonds. The molecule has 1 aromatic carbocycles. The van der Waals surface area contributed by atoms with Crippen molar-refractivity contribution in [2.24, 2.45) is 0 Å². The third-order valence-electron chi connectivity index (χ3n) is 2.44.